The van der Waals surface area contributed by atoms with Crippen LogP contribution >= 0.6 is 0 Å². The molecule has 0 aliphatic carbocycles. The van der Waals surface area contributed by atoms with Gasteiger partial charge in [-0.25, -0.2) is 4.98 Å². The maximum Gasteiger partial charge on any atom is 0.0923 e. The van der Waals surface area contributed by atoms with E-state index in [2.05, 4.69) is 73.2 Å². The predicted octanol–water partition coefficient (Wildman–Crippen LogP) is 5.49. The molecule has 0 spiro atoms. The van der Waals surface area contributed by atoms with Gasteiger partial charge >= 0.3 is 0 Å². The van der Waals surface area contributed by atoms with Crippen LogP contribution in [0.1, 0.15) is 52.3 Å². The lowest BCUT2D eigenvalue weighted by Crippen LogP contribution is -2.04. The Balaban J connectivity index is 1.85. The zero-order valence-electron chi connectivity index (χ0n) is 14.8. The van der Waals surface area contributed by atoms with Gasteiger partial charge in [-0.3, -0.25) is 0 Å². The van der Waals surface area contributed by atoms with Gasteiger partial charge in [0.15, 0.2) is 0 Å². The Morgan fingerprint density at radius 3 is 2.33 bits per heavy atom. The molecule has 0 saturated heterocycles. The van der Waals surface area contributed by atoms with Gasteiger partial charge in [-0.15, -0.1) is 0 Å². The van der Waals surface area contributed by atoms with Crippen LogP contribution in [0.25, 0.3) is 0 Å². The van der Waals surface area contributed by atoms with Gasteiger partial charge in [0.1, 0.15) is 0 Å². The summed E-state index contributed by atoms with van der Waals surface area (Å²) in [5.74, 6) is 0.447. The van der Waals surface area contributed by atoms with E-state index in [1.165, 1.54) is 27.8 Å². The van der Waals surface area contributed by atoms with E-state index in [1.54, 1.807) is 6.33 Å². The number of nitrogens with zero attached hydrogens (tertiary/aromatic N) is 1. The minimum Gasteiger partial charge on any atom is -0.351 e. The number of nitrogens with one attached hydrogen (secondary N) is 1. The van der Waals surface area contributed by atoms with Crippen molar-refractivity contribution in [2.45, 2.75) is 46.0 Å². The molecule has 1 unspecified atom stereocenters. The second-order valence-corrected chi connectivity index (χ2v) is 6.84. The first-order chi connectivity index (χ1) is 11.6. The maximum absolute atomic E-state index is 4.35. The topological polar surface area (TPSA) is 28.7 Å². The molecule has 1 N–H and O–H groups in total. The highest BCUT2D eigenvalue weighted by molar-refractivity contribution is 5.38. The molecule has 0 radical (unpaired) electrons. The molecule has 3 aromatic rings. The summed E-state index contributed by atoms with van der Waals surface area (Å²) in [5.41, 5.74) is 8.01. The van der Waals surface area contributed by atoms with Gasteiger partial charge in [0.05, 0.1) is 12.0 Å². The number of hydrogen-bond donors (Lipinski definition) is 1. The Kier molecular flexibility index (Phi) is 5.14. The van der Waals surface area contributed by atoms with E-state index in [9.17, 15) is 0 Å². The van der Waals surface area contributed by atoms with Crippen LogP contribution in [0.15, 0.2) is 55.0 Å². The Hall–Kier alpha value is -2.35. The average Bonchev–Trinajstić information content (AvgIpc) is 3.04. The molecule has 24 heavy (non-hydrogen) atoms. The van der Waals surface area contributed by atoms with E-state index >= 15 is 0 Å². The molecule has 1 aromatic heterocycles. The molecule has 1 atom stereocenters. The molecule has 3 rings (SSSR count). The van der Waals surface area contributed by atoms with Crippen LogP contribution in [0.5, 0.6) is 0 Å². The van der Waals surface area contributed by atoms with E-state index in [-0.39, 0.29) is 0 Å². The number of rotatable bonds is 6. The average molecular weight is 318 g/mol. The van der Waals surface area contributed by atoms with E-state index in [0.717, 1.165) is 25.0 Å². The predicted molar refractivity (Wildman–Crippen MR) is 100 cm³/mol. The highest BCUT2D eigenvalue weighted by Crippen LogP contribution is 2.31. The SMILES string of the molecule is Cc1cccc(C(CCCc2c[nH]cn2)c2cc(C)cc(C)c2)c1. The molecule has 0 amide bonds. The van der Waals surface area contributed by atoms with E-state index in [4.69, 9.17) is 0 Å². The van der Waals surface area contributed by atoms with E-state index in [0.29, 0.717) is 5.92 Å². The number of aromatic amines is 1. The number of imidazole rings is 1. The third kappa shape index (κ3) is 4.14. The Morgan fingerprint density at radius 1 is 0.917 bits per heavy atom. The molecule has 2 aromatic carbocycles. The quantitative estimate of drug-likeness (QED) is 0.639. The van der Waals surface area contributed by atoms with Gasteiger partial charge < -0.3 is 4.98 Å². The zero-order valence-corrected chi connectivity index (χ0v) is 14.8. The van der Waals surface area contributed by atoms with Crippen molar-refractivity contribution in [1.29, 1.82) is 0 Å². The van der Waals surface area contributed by atoms with Gasteiger partial charge in [-0.2, -0.15) is 0 Å². The van der Waals surface area contributed by atoms with Crippen LogP contribution in [0.2, 0.25) is 0 Å². The summed E-state index contributed by atoms with van der Waals surface area (Å²) >= 11 is 0. The second-order valence-electron chi connectivity index (χ2n) is 6.84. The van der Waals surface area contributed by atoms with Crippen LogP contribution in [0.4, 0.5) is 0 Å². The van der Waals surface area contributed by atoms with Crippen LogP contribution in [-0.2, 0) is 6.42 Å². The number of aryl methyl sites for hydroxylation is 4. The van der Waals surface area contributed by atoms with Crippen molar-refractivity contribution in [3.63, 3.8) is 0 Å². The van der Waals surface area contributed by atoms with Crippen molar-refractivity contribution in [3.8, 4) is 0 Å². The van der Waals surface area contributed by atoms with E-state index in [1.807, 2.05) is 6.20 Å². The van der Waals surface area contributed by atoms with Crippen molar-refractivity contribution in [2.75, 3.05) is 0 Å². The number of benzene rings is 2. The molecule has 0 aliphatic rings. The Labute approximate surface area is 145 Å². The van der Waals surface area contributed by atoms with Crippen LogP contribution in [0.3, 0.4) is 0 Å². The molecule has 0 fully saturated rings. The third-order valence-corrected chi connectivity index (χ3v) is 4.57. The molecular weight excluding hydrogens is 292 g/mol. The molecule has 2 heteroatoms. The molecule has 0 aliphatic heterocycles. The number of aromatic nitrogens is 2. The second kappa shape index (κ2) is 7.48. The molecule has 0 bridgehead atoms. The molecule has 1 heterocycles. The summed E-state index contributed by atoms with van der Waals surface area (Å²) in [6.45, 7) is 6.55. The Bertz CT molecular complexity index is 767. The van der Waals surface area contributed by atoms with Gasteiger partial charge in [0.25, 0.3) is 0 Å². The number of H-pyrrole nitrogens is 1. The zero-order chi connectivity index (χ0) is 16.9. The minimum atomic E-state index is 0.447. The summed E-state index contributed by atoms with van der Waals surface area (Å²) in [6.07, 6.45) is 7.06. The minimum absolute atomic E-state index is 0.447. The first-order valence-electron chi connectivity index (χ1n) is 8.74. The standard InChI is InChI=1S/C22H26N2/c1-16-6-4-7-19(11-16)22(9-5-8-21-14-23-15-24-21)20-12-17(2)10-18(3)13-20/h4,6-7,10-15,22H,5,8-9H2,1-3H3,(H,23,24). The van der Waals surface area contributed by atoms with Crippen molar-refractivity contribution in [1.82, 2.24) is 9.97 Å². The first-order valence-corrected chi connectivity index (χ1v) is 8.74. The summed E-state index contributed by atoms with van der Waals surface area (Å²) in [5, 5.41) is 0. The largest absolute Gasteiger partial charge is 0.351 e. The van der Waals surface area contributed by atoms with Crippen LogP contribution in [0, 0.1) is 20.8 Å². The maximum atomic E-state index is 4.35. The highest BCUT2D eigenvalue weighted by atomic mass is 14.9. The van der Waals surface area contributed by atoms with Gasteiger partial charge in [-0.05, 0) is 51.2 Å². The summed E-state index contributed by atoms with van der Waals surface area (Å²) in [4.78, 5) is 7.39. The highest BCUT2D eigenvalue weighted by Gasteiger charge is 2.15. The molecule has 0 saturated carbocycles. The fourth-order valence-electron chi connectivity index (χ4n) is 3.54. The summed E-state index contributed by atoms with van der Waals surface area (Å²) in [6, 6.07) is 15.9. The van der Waals surface area contributed by atoms with E-state index < -0.39 is 0 Å². The summed E-state index contributed by atoms with van der Waals surface area (Å²) < 4.78 is 0. The van der Waals surface area contributed by atoms with Crippen LogP contribution < -0.4 is 0 Å². The first kappa shape index (κ1) is 16.5. The van der Waals surface area contributed by atoms with Crippen LogP contribution in [-0.4, -0.2) is 9.97 Å². The van der Waals surface area contributed by atoms with Gasteiger partial charge in [-0.1, -0.05) is 59.2 Å². The normalized spacial score (nSPS) is 12.3. The monoisotopic (exact) mass is 318 g/mol. The fourth-order valence-corrected chi connectivity index (χ4v) is 3.54. The number of hydrogen-bond acceptors (Lipinski definition) is 1. The third-order valence-electron chi connectivity index (χ3n) is 4.57. The summed E-state index contributed by atoms with van der Waals surface area (Å²) in [7, 11) is 0. The van der Waals surface area contributed by atoms with Gasteiger partial charge in [0, 0.05) is 12.1 Å². The Morgan fingerprint density at radius 2 is 1.67 bits per heavy atom. The lowest BCUT2D eigenvalue weighted by atomic mass is 9.85. The smallest absolute Gasteiger partial charge is 0.0923 e. The van der Waals surface area contributed by atoms with Crippen molar-refractivity contribution in [3.05, 3.63) is 88.5 Å². The molecular formula is C22H26N2. The van der Waals surface area contributed by atoms with Gasteiger partial charge in [0.2, 0.25) is 0 Å². The molecule has 124 valence electrons. The van der Waals surface area contributed by atoms with Crippen molar-refractivity contribution in [2.24, 2.45) is 0 Å². The van der Waals surface area contributed by atoms with Crippen molar-refractivity contribution >= 4 is 0 Å². The van der Waals surface area contributed by atoms with Crippen molar-refractivity contribution < 1.29 is 0 Å². The fraction of sp³-hybridized carbons (Fsp3) is 0.318. The molecule has 2 nitrogen and oxygen atoms in total. The lowest BCUT2D eigenvalue weighted by Gasteiger charge is -2.20. The lowest BCUT2D eigenvalue weighted by molar-refractivity contribution is 0.655.